The molecule has 7 nitrogen and oxygen atoms in total. The quantitative estimate of drug-likeness (QED) is 0.464. The summed E-state index contributed by atoms with van der Waals surface area (Å²) >= 11 is 1.49. The third-order valence-corrected chi connectivity index (χ3v) is 7.56. The highest BCUT2D eigenvalue weighted by molar-refractivity contribution is 7.17. The number of carbonyl (C=O) groups excluding carboxylic acids is 3. The van der Waals surface area contributed by atoms with Crippen molar-refractivity contribution in [1.82, 2.24) is 4.90 Å². The molecule has 0 radical (unpaired) electrons. The van der Waals surface area contributed by atoms with Gasteiger partial charge in [0.15, 0.2) is 5.78 Å². The van der Waals surface area contributed by atoms with Crippen molar-refractivity contribution in [2.24, 2.45) is 5.92 Å². The van der Waals surface area contributed by atoms with E-state index in [4.69, 9.17) is 9.47 Å². The molecule has 0 saturated carbocycles. The molecule has 1 aromatic heterocycles. The van der Waals surface area contributed by atoms with Crippen LogP contribution >= 0.6 is 11.3 Å². The maximum absolute atomic E-state index is 12.8. The van der Waals surface area contributed by atoms with E-state index in [-0.39, 0.29) is 30.1 Å². The Morgan fingerprint density at radius 2 is 1.85 bits per heavy atom. The van der Waals surface area contributed by atoms with Crippen molar-refractivity contribution < 1.29 is 23.9 Å². The summed E-state index contributed by atoms with van der Waals surface area (Å²) in [5.74, 6) is 0.349. The first-order valence-electron chi connectivity index (χ1n) is 11.5. The summed E-state index contributed by atoms with van der Waals surface area (Å²) in [6.07, 6.45) is 4.27. The number of ketones is 1. The molecule has 1 fully saturated rings. The number of methoxy groups -OCH3 is 1. The van der Waals surface area contributed by atoms with Gasteiger partial charge < -0.3 is 14.8 Å². The van der Waals surface area contributed by atoms with Gasteiger partial charge >= 0.3 is 5.97 Å². The molecular formula is C25H30N2O5S. The van der Waals surface area contributed by atoms with Crippen molar-refractivity contribution in [2.45, 2.75) is 39.0 Å². The van der Waals surface area contributed by atoms with Gasteiger partial charge in [0.05, 0.1) is 25.8 Å². The number of aryl methyl sites for hydroxylation is 1. The van der Waals surface area contributed by atoms with Crippen molar-refractivity contribution in [1.29, 1.82) is 0 Å². The lowest BCUT2D eigenvalue weighted by Gasteiger charge is -2.30. The normalized spacial score (nSPS) is 16.3. The lowest BCUT2D eigenvalue weighted by Crippen LogP contribution is -2.40. The zero-order valence-corrected chi connectivity index (χ0v) is 20.0. The summed E-state index contributed by atoms with van der Waals surface area (Å²) in [5.41, 5.74) is 2.27. The van der Waals surface area contributed by atoms with Gasteiger partial charge in [0.25, 0.3) is 0 Å². The smallest absolute Gasteiger partial charge is 0.341 e. The van der Waals surface area contributed by atoms with E-state index < -0.39 is 0 Å². The van der Waals surface area contributed by atoms with E-state index in [9.17, 15) is 14.4 Å². The van der Waals surface area contributed by atoms with E-state index in [1.807, 2.05) is 0 Å². The monoisotopic (exact) mass is 470 g/mol. The average Bonchev–Trinajstić information content (AvgIpc) is 3.40. The number of benzene rings is 1. The number of fused-ring (bicyclic) bond motifs is 1. The molecule has 0 spiro atoms. The number of Topliss-reactive ketones (excluding diaryl/α,β-unsaturated/α-hetero) is 1. The largest absolute Gasteiger partial charge is 0.497 e. The number of carbonyl (C=O) groups is 3. The van der Waals surface area contributed by atoms with Crippen molar-refractivity contribution in [3.05, 3.63) is 45.8 Å². The Labute approximate surface area is 198 Å². The van der Waals surface area contributed by atoms with Crippen LogP contribution in [0.15, 0.2) is 24.3 Å². The van der Waals surface area contributed by atoms with Crippen LogP contribution in [-0.2, 0) is 22.4 Å². The predicted octanol–water partition coefficient (Wildman–Crippen LogP) is 3.96. The van der Waals surface area contributed by atoms with Gasteiger partial charge in [0.1, 0.15) is 10.8 Å². The Bertz CT molecular complexity index is 1020. The predicted molar refractivity (Wildman–Crippen MR) is 127 cm³/mol. The van der Waals surface area contributed by atoms with Gasteiger partial charge in [-0.1, -0.05) is 0 Å². The summed E-state index contributed by atoms with van der Waals surface area (Å²) in [7, 11) is 1.60. The molecule has 0 bridgehead atoms. The van der Waals surface area contributed by atoms with E-state index >= 15 is 0 Å². The van der Waals surface area contributed by atoms with Crippen molar-refractivity contribution >= 4 is 34.0 Å². The first kappa shape index (κ1) is 23.4. The molecule has 1 saturated heterocycles. The van der Waals surface area contributed by atoms with Gasteiger partial charge in [-0.2, -0.15) is 0 Å². The number of ether oxygens (including phenoxy) is 2. The fraction of sp³-hybridized carbons (Fsp3) is 0.480. The van der Waals surface area contributed by atoms with Crippen LogP contribution in [0, 0.1) is 5.92 Å². The summed E-state index contributed by atoms with van der Waals surface area (Å²) < 4.78 is 10.4. The molecule has 2 aliphatic rings. The van der Waals surface area contributed by atoms with E-state index in [1.54, 1.807) is 38.3 Å². The van der Waals surface area contributed by atoms with Gasteiger partial charge in [-0.3, -0.25) is 14.5 Å². The first-order chi connectivity index (χ1) is 16.0. The minimum absolute atomic E-state index is 0.0339. The average molecular weight is 471 g/mol. The van der Waals surface area contributed by atoms with Gasteiger partial charge in [0.2, 0.25) is 5.91 Å². The fourth-order valence-electron chi connectivity index (χ4n) is 4.63. The molecule has 1 aromatic carbocycles. The second-order valence-corrected chi connectivity index (χ2v) is 9.58. The van der Waals surface area contributed by atoms with Crippen molar-refractivity contribution in [2.75, 3.05) is 38.7 Å². The highest BCUT2D eigenvalue weighted by Crippen LogP contribution is 2.39. The Morgan fingerprint density at radius 3 is 2.52 bits per heavy atom. The second kappa shape index (κ2) is 10.5. The third-order valence-electron chi connectivity index (χ3n) is 6.35. The SMILES string of the molecule is CCOC(=O)c1c(NC(=O)CN2CCC(C(=O)c3ccc(OC)cc3)CC2)sc2c1CCC2. The summed E-state index contributed by atoms with van der Waals surface area (Å²) in [4.78, 5) is 41.3. The number of nitrogens with one attached hydrogen (secondary N) is 1. The van der Waals surface area contributed by atoms with Crippen LogP contribution in [0.3, 0.4) is 0 Å². The van der Waals surface area contributed by atoms with Crippen LogP contribution in [0.1, 0.15) is 57.3 Å². The van der Waals surface area contributed by atoms with Crippen LogP contribution in [0.5, 0.6) is 5.75 Å². The lowest BCUT2D eigenvalue weighted by molar-refractivity contribution is -0.117. The van der Waals surface area contributed by atoms with Crippen molar-refractivity contribution in [3.63, 3.8) is 0 Å². The van der Waals surface area contributed by atoms with Crippen LogP contribution < -0.4 is 10.1 Å². The summed E-state index contributed by atoms with van der Waals surface area (Å²) in [6, 6.07) is 7.22. The number of hydrogen-bond acceptors (Lipinski definition) is 7. The Kier molecular flexibility index (Phi) is 7.45. The number of anilines is 1. The number of rotatable bonds is 8. The number of amides is 1. The van der Waals surface area contributed by atoms with Crippen LogP contribution in [0.4, 0.5) is 5.00 Å². The zero-order valence-electron chi connectivity index (χ0n) is 19.1. The standard InChI is InChI=1S/C25H30N2O5S/c1-3-32-25(30)22-19-5-4-6-20(19)33-24(22)26-21(28)15-27-13-11-17(12-14-27)23(29)16-7-9-18(31-2)10-8-16/h7-10,17H,3-6,11-15H2,1-2H3,(H,26,28). The number of nitrogens with zero attached hydrogens (tertiary/aromatic N) is 1. The molecule has 33 heavy (non-hydrogen) atoms. The van der Waals surface area contributed by atoms with Crippen molar-refractivity contribution in [3.8, 4) is 5.75 Å². The van der Waals surface area contributed by atoms with Gasteiger partial charge in [-0.15, -0.1) is 11.3 Å². The Balaban J connectivity index is 1.32. The first-order valence-corrected chi connectivity index (χ1v) is 12.3. The number of thiophene rings is 1. The highest BCUT2D eigenvalue weighted by atomic mass is 32.1. The summed E-state index contributed by atoms with van der Waals surface area (Å²) in [6.45, 7) is 3.71. The molecule has 1 aliphatic carbocycles. The minimum atomic E-state index is -0.356. The van der Waals surface area contributed by atoms with Crippen LogP contribution in [-0.4, -0.2) is 55.9 Å². The maximum Gasteiger partial charge on any atom is 0.341 e. The van der Waals surface area contributed by atoms with E-state index in [2.05, 4.69) is 10.2 Å². The molecule has 8 heteroatoms. The molecule has 1 N–H and O–H groups in total. The zero-order chi connectivity index (χ0) is 23.4. The third kappa shape index (κ3) is 5.28. The number of likely N-dealkylation sites (tertiary alicyclic amines) is 1. The highest BCUT2D eigenvalue weighted by Gasteiger charge is 2.30. The molecule has 176 valence electrons. The molecule has 2 aromatic rings. The van der Waals surface area contributed by atoms with E-state index in [1.165, 1.54) is 16.2 Å². The Hall–Kier alpha value is -2.71. The number of esters is 1. The van der Waals surface area contributed by atoms with Gasteiger partial charge in [-0.25, -0.2) is 4.79 Å². The molecular weight excluding hydrogens is 440 g/mol. The van der Waals surface area contributed by atoms with Gasteiger partial charge in [0, 0.05) is 16.4 Å². The molecule has 1 amide bonds. The number of hydrogen-bond donors (Lipinski definition) is 1. The van der Waals surface area contributed by atoms with E-state index in [0.29, 0.717) is 35.8 Å². The molecule has 4 rings (SSSR count). The lowest BCUT2D eigenvalue weighted by atomic mass is 9.89. The van der Waals surface area contributed by atoms with Gasteiger partial charge in [-0.05, 0) is 81.9 Å². The fourth-order valence-corrected chi connectivity index (χ4v) is 5.92. The van der Waals surface area contributed by atoms with E-state index in [0.717, 1.165) is 43.4 Å². The molecule has 0 unspecified atom stereocenters. The number of piperidine rings is 1. The maximum atomic E-state index is 12.8. The summed E-state index contributed by atoms with van der Waals surface area (Å²) in [5, 5.41) is 3.56. The molecule has 2 heterocycles. The Morgan fingerprint density at radius 1 is 1.12 bits per heavy atom. The van der Waals surface area contributed by atoms with Crippen LogP contribution in [0.2, 0.25) is 0 Å². The minimum Gasteiger partial charge on any atom is -0.497 e. The molecule has 1 aliphatic heterocycles. The molecule has 0 atom stereocenters. The second-order valence-electron chi connectivity index (χ2n) is 8.47. The van der Waals surface area contributed by atoms with Crippen LogP contribution in [0.25, 0.3) is 0 Å². The topological polar surface area (TPSA) is 84.9 Å².